The molecule has 1 aliphatic rings. The maximum absolute atomic E-state index is 12.2. The smallest absolute Gasteiger partial charge is 0.333 e. The molecule has 2 heterocycles. The molecular weight excluding hydrogens is 360 g/mol. The molecular formula is C18H17ClN2O3S. The van der Waals surface area contributed by atoms with Gasteiger partial charge in [0, 0.05) is 5.39 Å². The number of para-hydroxylation sites is 1. The monoisotopic (exact) mass is 376 g/mol. The number of hydrogen-bond donors (Lipinski definition) is 0. The van der Waals surface area contributed by atoms with E-state index in [4.69, 9.17) is 16.3 Å². The van der Waals surface area contributed by atoms with Gasteiger partial charge in [0.1, 0.15) is 0 Å². The molecule has 0 atom stereocenters. The van der Waals surface area contributed by atoms with Crippen molar-refractivity contribution in [3.05, 3.63) is 51.7 Å². The molecule has 0 aliphatic carbocycles. The van der Waals surface area contributed by atoms with Gasteiger partial charge >= 0.3 is 5.97 Å². The minimum Gasteiger partial charge on any atom is -0.463 e. The number of hydrogen-bond acceptors (Lipinski definition) is 5. The van der Waals surface area contributed by atoms with Gasteiger partial charge in [-0.1, -0.05) is 41.6 Å². The summed E-state index contributed by atoms with van der Waals surface area (Å²) in [6.07, 6.45) is 1.35. The van der Waals surface area contributed by atoms with Crippen LogP contribution in [0.5, 0.6) is 0 Å². The molecule has 3 rings (SSSR count). The molecule has 0 saturated carbocycles. The number of aromatic nitrogens is 1. The quantitative estimate of drug-likeness (QED) is 0.601. The predicted octanol–water partition coefficient (Wildman–Crippen LogP) is 3.68. The number of thioether (sulfide) groups is 1. The highest BCUT2D eigenvalue weighted by atomic mass is 35.5. The van der Waals surface area contributed by atoms with E-state index in [-0.39, 0.29) is 18.2 Å². The minimum absolute atomic E-state index is 0.0794. The summed E-state index contributed by atoms with van der Waals surface area (Å²) in [6.45, 7) is 4.19. The van der Waals surface area contributed by atoms with Gasteiger partial charge in [0.25, 0.3) is 0 Å². The Hall–Kier alpha value is -2.05. The zero-order chi connectivity index (χ0) is 18.0. The van der Waals surface area contributed by atoms with Crippen molar-refractivity contribution in [1.29, 1.82) is 0 Å². The Morgan fingerprint density at radius 3 is 2.96 bits per heavy atom. The van der Waals surface area contributed by atoms with E-state index >= 15 is 0 Å². The molecule has 0 bridgehead atoms. The summed E-state index contributed by atoms with van der Waals surface area (Å²) in [5.41, 5.74) is 2.37. The molecule has 1 saturated heterocycles. The van der Waals surface area contributed by atoms with Crippen LogP contribution in [0.25, 0.3) is 10.9 Å². The number of carbonyl (C=O) groups excluding carboxylic acids is 2. The third kappa shape index (κ3) is 3.65. The van der Waals surface area contributed by atoms with Crippen LogP contribution in [0.2, 0.25) is 5.02 Å². The average Bonchev–Trinajstić information content (AvgIpc) is 2.93. The van der Waals surface area contributed by atoms with Gasteiger partial charge in [-0.05, 0) is 25.5 Å². The Labute approximate surface area is 155 Å². The molecule has 1 amide bonds. The van der Waals surface area contributed by atoms with Crippen molar-refractivity contribution >= 4 is 46.1 Å². The summed E-state index contributed by atoms with van der Waals surface area (Å²) in [7, 11) is 0. The number of aryl methyl sites for hydroxylation is 1. The lowest BCUT2D eigenvalue weighted by atomic mass is 10.1. The Balaban J connectivity index is 1.95. The van der Waals surface area contributed by atoms with E-state index in [0.29, 0.717) is 22.4 Å². The lowest BCUT2D eigenvalue weighted by molar-refractivity contribution is -0.137. The predicted molar refractivity (Wildman–Crippen MR) is 99.2 cm³/mol. The van der Waals surface area contributed by atoms with Crippen LogP contribution in [0.1, 0.15) is 18.2 Å². The minimum atomic E-state index is -0.460. The maximum Gasteiger partial charge on any atom is 0.333 e. The molecule has 1 aliphatic heterocycles. The first-order valence-corrected chi connectivity index (χ1v) is 9.23. The first-order valence-electron chi connectivity index (χ1n) is 7.86. The van der Waals surface area contributed by atoms with E-state index in [1.807, 2.05) is 31.2 Å². The highest BCUT2D eigenvalue weighted by Gasteiger charge is 2.29. The first kappa shape index (κ1) is 17.8. The van der Waals surface area contributed by atoms with Crippen LogP contribution in [-0.2, 0) is 20.9 Å². The van der Waals surface area contributed by atoms with Crippen molar-refractivity contribution in [2.24, 2.45) is 0 Å². The highest BCUT2D eigenvalue weighted by Crippen LogP contribution is 2.33. The summed E-state index contributed by atoms with van der Waals surface area (Å²) in [5, 5.41) is 2.09. The van der Waals surface area contributed by atoms with E-state index < -0.39 is 5.97 Å². The molecule has 1 aromatic heterocycles. The summed E-state index contributed by atoms with van der Waals surface area (Å²) in [6, 6.07) is 7.73. The van der Waals surface area contributed by atoms with Gasteiger partial charge in [-0.3, -0.25) is 9.69 Å². The number of halogens is 1. The Kier molecular flexibility index (Phi) is 5.30. The van der Waals surface area contributed by atoms with Crippen molar-refractivity contribution < 1.29 is 14.3 Å². The van der Waals surface area contributed by atoms with Crippen LogP contribution >= 0.6 is 23.4 Å². The largest absolute Gasteiger partial charge is 0.463 e. The number of carbonyl (C=O) groups is 2. The van der Waals surface area contributed by atoms with Crippen molar-refractivity contribution in [3.63, 3.8) is 0 Å². The standard InChI is InChI=1S/C18H17ClN2O3S/c1-3-24-17(23)8-16-21(15(22)10-25-16)9-14-18(19)11(2)12-6-4-5-7-13(12)20-14/h4-8H,3,9-10H2,1-2H3/b16-8-. The topological polar surface area (TPSA) is 59.5 Å². The van der Waals surface area contributed by atoms with Crippen LogP contribution in [0.3, 0.4) is 0 Å². The van der Waals surface area contributed by atoms with Gasteiger partial charge in [0.05, 0.1) is 46.2 Å². The fraction of sp³-hybridized carbons (Fsp3) is 0.278. The second-order valence-corrected chi connectivity index (χ2v) is 6.89. The van der Waals surface area contributed by atoms with E-state index in [1.54, 1.807) is 6.92 Å². The second kappa shape index (κ2) is 7.45. The molecule has 0 N–H and O–H groups in total. The third-order valence-corrected chi connectivity index (χ3v) is 5.42. The van der Waals surface area contributed by atoms with Gasteiger partial charge in [0.2, 0.25) is 5.91 Å². The molecule has 1 aromatic carbocycles. The van der Waals surface area contributed by atoms with Gasteiger partial charge < -0.3 is 4.74 Å². The molecule has 0 radical (unpaired) electrons. The van der Waals surface area contributed by atoms with Crippen molar-refractivity contribution in [1.82, 2.24) is 9.88 Å². The number of fused-ring (bicyclic) bond motifs is 1. The number of ether oxygens (including phenoxy) is 1. The molecule has 130 valence electrons. The van der Waals surface area contributed by atoms with Gasteiger partial charge in [-0.2, -0.15) is 0 Å². The lowest BCUT2D eigenvalue weighted by Gasteiger charge is -2.18. The Morgan fingerprint density at radius 2 is 2.20 bits per heavy atom. The number of nitrogens with zero attached hydrogens (tertiary/aromatic N) is 2. The number of pyridine rings is 1. The lowest BCUT2D eigenvalue weighted by Crippen LogP contribution is -2.25. The van der Waals surface area contributed by atoms with Crippen LogP contribution in [0.4, 0.5) is 0 Å². The van der Waals surface area contributed by atoms with Gasteiger partial charge in [-0.25, -0.2) is 9.78 Å². The summed E-state index contributed by atoms with van der Waals surface area (Å²) >= 11 is 7.79. The number of amides is 1. The zero-order valence-corrected chi connectivity index (χ0v) is 15.5. The SMILES string of the molecule is CCOC(=O)/C=C1\SCC(=O)N1Cc1nc2ccccc2c(C)c1Cl. The maximum atomic E-state index is 12.2. The average molecular weight is 377 g/mol. The van der Waals surface area contributed by atoms with Crippen LogP contribution in [-0.4, -0.2) is 34.1 Å². The van der Waals surface area contributed by atoms with E-state index in [2.05, 4.69) is 4.98 Å². The zero-order valence-electron chi connectivity index (χ0n) is 13.9. The summed E-state index contributed by atoms with van der Waals surface area (Å²) in [5.74, 6) is -0.252. The van der Waals surface area contributed by atoms with E-state index in [0.717, 1.165) is 16.5 Å². The summed E-state index contributed by atoms with van der Waals surface area (Å²) < 4.78 is 4.93. The molecule has 25 heavy (non-hydrogen) atoms. The number of benzene rings is 1. The molecule has 2 aromatic rings. The summed E-state index contributed by atoms with van der Waals surface area (Å²) in [4.78, 5) is 30.1. The first-order chi connectivity index (χ1) is 12.0. The van der Waals surface area contributed by atoms with Gasteiger partial charge in [-0.15, -0.1) is 0 Å². The fourth-order valence-electron chi connectivity index (χ4n) is 2.66. The van der Waals surface area contributed by atoms with Crippen LogP contribution in [0, 0.1) is 6.92 Å². The fourth-order valence-corrected chi connectivity index (χ4v) is 3.79. The third-order valence-electron chi connectivity index (χ3n) is 3.89. The molecule has 7 heteroatoms. The molecule has 1 fully saturated rings. The molecule has 0 unspecified atom stereocenters. The van der Waals surface area contributed by atoms with Crippen molar-refractivity contribution in [2.45, 2.75) is 20.4 Å². The van der Waals surface area contributed by atoms with Crippen LogP contribution in [0.15, 0.2) is 35.4 Å². The normalized spacial score (nSPS) is 16.0. The second-order valence-electron chi connectivity index (χ2n) is 5.52. The molecule has 0 spiro atoms. The van der Waals surface area contributed by atoms with E-state index in [9.17, 15) is 9.59 Å². The molecule has 5 nitrogen and oxygen atoms in total. The van der Waals surface area contributed by atoms with Crippen molar-refractivity contribution in [2.75, 3.05) is 12.4 Å². The van der Waals surface area contributed by atoms with Gasteiger partial charge in [0.15, 0.2) is 0 Å². The Bertz CT molecular complexity index is 882. The van der Waals surface area contributed by atoms with Crippen molar-refractivity contribution in [3.8, 4) is 0 Å². The van der Waals surface area contributed by atoms with Crippen LogP contribution < -0.4 is 0 Å². The number of esters is 1. The number of rotatable bonds is 4. The Morgan fingerprint density at radius 1 is 1.44 bits per heavy atom. The van der Waals surface area contributed by atoms with E-state index in [1.165, 1.54) is 22.7 Å². The highest BCUT2D eigenvalue weighted by molar-refractivity contribution is 8.04.